The Morgan fingerprint density at radius 1 is 1.33 bits per heavy atom. The highest BCUT2D eigenvalue weighted by molar-refractivity contribution is 5.88. The fraction of sp³-hybridized carbons (Fsp3) is 0.474. The van der Waals surface area contributed by atoms with Gasteiger partial charge in [-0.1, -0.05) is 12.8 Å². The van der Waals surface area contributed by atoms with E-state index in [9.17, 15) is 4.79 Å². The lowest BCUT2D eigenvalue weighted by Crippen LogP contribution is -2.25. The fourth-order valence-electron chi connectivity index (χ4n) is 3.31. The zero-order valence-corrected chi connectivity index (χ0v) is 15.7. The van der Waals surface area contributed by atoms with Crippen molar-refractivity contribution in [1.29, 1.82) is 0 Å². The maximum Gasteiger partial charge on any atom is 0.411 e. The second-order valence-corrected chi connectivity index (χ2v) is 6.74. The number of rotatable bonds is 3. The highest BCUT2D eigenvalue weighted by atomic mass is 16.5. The number of benzene rings is 1. The summed E-state index contributed by atoms with van der Waals surface area (Å²) in [4.78, 5) is 19.4. The molecule has 27 heavy (non-hydrogen) atoms. The zero-order valence-electron chi connectivity index (χ0n) is 15.7. The highest BCUT2D eigenvalue weighted by Crippen LogP contribution is 2.32. The van der Waals surface area contributed by atoms with Gasteiger partial charge in [0, 0.05) is 36.3 Å². The lowest BCUT2D eigenvalue weighted by atomic mass is 10.0. The number of hydrogen-bond acceptors (Lipinski definition) is 6. The Balaban J connectivity index is 1.99. The number of carbonyl (C=O) groups is 1. The molecule has 1 aliphatic heterocycles. The van der Waals surface area contributed by atoms with E-state index in [1.165, 1.54) is 7.11 Å². The minimum absolute atomic E-state index is 0.101. The molecular formula is C19H27N5O3. The van der Waals surface area contributed by atoms with Gasteiger partial charge in [0.05, 0.1) is 25.5 Å². The molecule has 2 unspecified atom stereocenters. The Labute approximate surface area is 158 Å². The van der Waals surface area contributed by atoms with Crippen molar-refractivity contribution in [3.05, 3.63) is 30.2 Å². The number of nitrogens with one attached hydrogen (secondary N) is 3. The molecule has 0 spiro atoms. The summed E-state index contributed by atoms with van der Waals surface area (Å²) >= 11 is 0. The molecule has 0 saturated carbocycles. The number of aromatic nitrogens is 2. The molecule has 146 valence electrons. The molecule has 0 aliphatic carbocycles. The van der Waals surface area contributed by atoms with E-state index in [-0.39, 0.29) is 12.1 Å². The number of carbonyl (C=O) groups excluding carboxylic acids is 1. The molecule has 1 aliphatic rings. The predicted molar refractivity (Wildman–Crippen MR) is 105 cm³/mol. The van der Waals surface area contributed by atoms with Crippen molar-refractivity contribution >= 4 is 17.5 Å². The van der Waals surface area contributed by atoms with Crippen LogP contribution in [-0.4, -0.2) is 42.9 Å². The summed E-state index contributed by atoms with van der Waals surface area (Å²) in [7, 11) is 3.04. The smallest absolute Gasteiger partial charge is 0.411 e. The first-order chi connectivity index (χ1) is 13.1. The van der Waals surface area contributed by atoms with Crippen LogP contribution < -0.4 is 16.4 Å². The molecule has 8 heteroatoms. The normalized spacial score (nSPS) is 19.8. The molecule has 1 aromatic carbocycles. The third-order valence-electron chi connectivity index (χ3n) is 4.72. The van der Waals surface area contributed by atoms with Crippen molar-refractivity contribution in [2.75, 3.05) is 31.5 Å². The van der Waals surface area contributed by atoms with Crippen molar-refractivity contribution in [1.82, 2.24) is 9.97 Å². The van der Waals surface area contributed by atoms with Crippen LogP contribution in [0.1, 0.15) is 37.5 Å². The third kappa shape index (κ3) is 4.78. The van der Waals surface area contributed by atoms with Crippen molar-refractivity contribution in [3.8, 4) is 11.3 Å². The van der Waals surface area contributed by atoms with Crippen molar-refractivity contribution in [2.24, 2.45) is 5.73 Å². The number of anilines is 2. The van der Waals surface area contributed by atoms with Crippen LogP contribution in [0.2, 0.25) is 0 Å². The van der Waals surface area contributed by atoms with Crippen LogP contribution in [0, 0.1) is 0 Å². The van der Waals surface area contributed by atoms with E-state index in [1.807, 2.05) is 24.4 Å². The van der Waals surface area contributed by atoms with Crippen LogP contribution in [0.25, 0.3) is 11.3 Å². The number of aromatic amines is 1. The number of imidazole rings is 1. The second kappa shape index (κ2) is 8.88. The van der Waals surface area contributed by atoms with Crippen LogP contribution in [-0.2, 0) is 9.47 Å². The standard InChI is InChI=1S/C19H27N5O3/c1-26-11-13-5-3-4-6-15(20)18-21-10-17(24-18)14-8-7-12(9-16(14)22-13)23-19(25)27-2/h7-10,13,15,22H,3-6,11,20H2,1-2H3,(H,21,24)(H,23,25). The summed E-state index contributed by atoms with van der Waals surface area (Å²) in [5, 5.41) is 6.26. The summed E-state index contributed by atoms with van der Waals surface area (Å²) < 4.78 is 10.1. The van der Waals surface area contributed by atoms with E-state index in [0.717, 1.165) is 48.5 Å². The quantitative estimate of drug-likeness (QED) is 0.657. The average molecular weight is 373 g/mol. The Hall–Kier alpha value is -2.58. The molecule has 2 bridgehead atoms. The molecule has 1 amide bonds. The molecule has 0 radical (unpaired) electrons. The van der Waals surface area contributed by atoms with Crippen LogP contribution in [0.15, 0.2) is 24.4 Å². The summed E-state index contributed by atoms with van der Waals surface area (Å²) in [6, 6.07) is 5.68. The lowest BCUT2D eigenvalue weighted by Gasteiger charge is -2.22. The summed E-state index contributed by atoms with van der Waals surface area (Å²) in [6.07, 6.45) is 5.28. The molecule has 1 aromatic heterocycles. The van der Waals surface area contributed by atoms with Crippen LogP contribution in [0.3, 0.4) is 0 Å². The van der Waals surface area contributed by atoms with E-state index >= 15 is 0 Å². The van der Waals surface area contributed by atoms with Gasteiger partial charge in [0.25, 0.3) is 0 Å². The first-order valence-corrected chi connectivity index (χ1v) is 9.16. The van der Waals surface area contributed by atoms with Gasteiger partial charge in [-0.2, -0.15) is 0 Å². The zero-order chi connectivity index (χ0) is 19.2. The Bertz CT molecular complexity index is 776. The molecule has 2 atom stereocenters. The van der Waals surface area contributed by atoms with E-state index in [1.54, 1.807) is 7.11 Å². The molecule has 8 nitrogen and oxygen atoms in total. The monoisotopic (exact) mass is 373 g/mol. The van der Waals surface area contributed by atoms with E-state index in [4.69, 9.17) is 10.5 Å². The van der Waals surface area contributed by atoms with E-state index in [2.05, 4.69) is 25.3 Å². The van der Waals surface area contributed by atoms with Gasteiger partial charge < -0.3 is 25.5 Å². The first-order valence-electron chi connectivity index (χ1n) is 9.16. The fourth-order valence-corrected chi connectivity index (χ4v) is 3.31. The van der Waals surface area contributed by atoms with Gasteiger partial charge in [0.15, 0.2) is 0 Å². The predicted octanol–water partition coefficient (Wildman–Crippen LogP) is 3.26. The van der Waals surface area contributed by atoms with Crippen LogP contribution in [0.5, 0.6) is 0 Å². The maximum absolute atomic E-state index is 11.6. The minimum Gasteiger partial charge on any atom is -0.453 e. The van der Waals surface area contributed by atoms with Gasteiger partial charge in [-0.3, -0.25) is 5.32 Å². The topological polar surface area (TPSA) is 114 Å². The summed E-state index contributed by atoms with van der Waals surface area (Å²) in [5.74, 6) is 0.793. The number of H-pyrrole nitrogens is 1. The number of fused-ring (bicyclic) bond motifs is 4. The highest BCUT2D eigenvalue weighted by Gasteiger charge is 2.18. The molecular weight excluding hydrogens is 346 g/mol. The van der Waals surface area contributed by atoms with Gasteiger partial charge in [-0.15, -0.1) is 0 Å². The van der Waals surface area contributed by atoms with Crippen molar-refractivity contribution in [3.63, 3.8) is 0 Å². The molecule has 5 N–H and O–H groups in total. The number of methoxy groups -OCH3 is 2. The number of nitrogens with zero attached hydrogens (tertiary/aromatic N) is 1. The number of ether oxygens (including phenoxy) is 2. The first kappa shape index (κ1) is 19.2. The number of hydrogen-bond donors (Lipinski definition) is 4. The molecule has 0 saturated heterocycles. The third-order valence-corrected chi connectivity index (χ3v) is 4.72. The van der Waals surface area contributed by atoms with Crippen LogP contribution >= 0.6 is 0 Å². The van der Waals surface area contributed by atoms with Gasteiger partial charge in [-0.05, 0) is 31.0 Å². The largest absolute Gasteiger partial charge is 0.453 e. The summed E-state index contributed by atoms with van der Waals surface area (Å²) in [5.41, 5.74) is 9.53. The number of amides is 1. The molecule has 3 rings (SSSR count). The Morgan fingerprint density at radius 2 is 2.15 bits per heavy atom. The van der Waals surface area contributed by atoms with Crippen LogP contribution in [0.4, 0.5) is 16.2 Å². The lowest BCUT2D eigenvalue weighted by molar-refractivity contribution is 0.181. The number of nitrogens with two attached hydrogens (primary N) is 1. The Morgan fingerprint density at radius 3 is 2.93 bits per heavy atom. The molecule has 2 heterocycles. The Kier molecular flexibility index (Phi) is 6.31. The maximum atomic E-state index is 11.6. The van der Waals surface area contributed by atoms with Gasteiger partial charge in [0.1, 0.15) is 5.82 Å². The van der Waals surface area contributed by atoms with Gasteiger partial charge in [0.2, 0.25) is 0 Å². The van der Waals surface area contributed by atoms with E-state index < -0.39 is 6.09 Å². The van der Waals surface area contributed by atoms with Gasteiger partial charge in [-0.25, -0.2) is 9.78 Å². The minimum atomic E-state index is -0.510. The molecule has 2 aromatic rings. The molecule has 0 fully saturated rings. The SMILES string of the molecule is COCC1CCCCC(N)c2nc(c[nH]2)-c2ccc(NC(=O)OC)cc2N1. The van der Waals surface area contributed by atoms with Crippen molar-refractivity contribution in [2.45, 2.75) is 37.8 Å². The average Bonchev–Trinajstić information content (AvgIpc) is 3.14. The van der Waals surface area contributed by atoms with E-state index in [0.29, 0.717) is 12.3 Å². The summed E-state index contributed by atoms with van der Waals surface area (Å²) in [6.45, 7) is 0.589. The van der Waals surface area contributed by atoms with Gasteiger partial charge >= 0.3 is 6.09 Å². The second-order valence-electron chi connectivity index (χ2n) is 6.74. The van der Waals surface area contributed by atoms with Crippen molar-refractivity contribution < 1.29 is 14.3 Å².